The molecular weight excluding hydrogens is 1160 g/mol. The minimum atomic E-state index is -1.78. The smallest absolute Gasteiger partial charge is 0.220 e. The second-order valence-electron chi connectivity index (χ2n) is 28.9. The zero-order valence-corrected chi connectivity index (χ0v) is 60.1. The molecule has 2 rings (SSSR count). The van der Waals surface area contributed by atoms with E-state index in [-0.39, 0.29) is 12.5 Å². The van der Waals surface area contributed by atoms with Crippen molar-refractivity contribution in [1.82, 2.24) is 5.32 Å². The van der Waals surface area contributed by atoms with E-state index in [0.717, 1.165) is 51.4 Å². The van der Waals surface area contributed by atoms with Gasteiger partial charge in [-0.15, -0.1) is 0 Å². The Morgan fingerprint density at radius 1 is 0.348 bits per heavy atom. The maximum atomic E-state index is 13.4. The van der Waals surface area contributed by atoms with E-state index in [4.69, 9.17) is 18.9 Å². The standard InChI is InChI=1S/C78H153NO13/c1-3-5-7-9-11-13-15-17-19-21-23-25-27-29-31-32-33-34-36-38-40-42-44-46-48-50-52-54-56-58-60-62-70(83)79-66(65-89-77-75(88)73(86)76(69(64-81)91-77)92-78-74(87)72(85)71(84)68(63-80)90-78)67(82)61-59-57-55-53-51-49-47-45-43-41-39-37-35-30-28-26-24-22-20-18-16-14-12-10-8-6-4-2/h66-69,71-78,80-82,84-88H,3-65H2,1-2H3,(H,79,83). The molecule has 0 aromatic rings. The summed E-state index contributed by atoms with van der Waals surface area (Å²) in [7, 11) is 0. The van der Waals surface area contributed by atoms with Crippen LogP contribution in [0.5, 0.6) is 0 Å². The summed E-state index contributed by atoms with van der Waals surface area (Å²) in [6.07, 6.45) is 61.5. The quantitative estimate of drug-likeness (QED) is 0.0259. The van der Waals surface area contributed by atoms with Crippen LogP contribution in [0.15, 0.2) is 0 Å². The van der Waals surface area contributed by atoms with E-state index in [1.807, 2.05) is 0 Å². The largest absolute Gasteiger partial charge is 0.394 e. The van der Waals surface area contributed by atoms with Gasteiger partial charge >= 0.3 is 0 Å². The van der Waals surface area contributed by atoms with Crippen molar-refractivity contribution in [2.45, 2.75) is 473 Å². The van der Waals surface area contributed by atoms with Crippen LogP contribution in [0.2, 0.25) is 0 Å². The molecule has 0 aliphatic carbocycles. The van der Waals surface area contributed by atoms with Gasteiger partial charge in [0.1, 0.15) is 48.8 Å². The van der Waals surface area contributed by atoms with E-state index in [9.17, 15) is 45.6 Å². The minimum Gasteiger partial charge on any atom is -0.394 e. The van der Waals surface area contributed by atoms with Gasteiger partial charge < -0.3 is 65.1 Å². The molecule has 2 aliphatic rings. The molecule has 2 aliphatic heterocycles. The second kappa shape index (κ2) is 63.4. The summed E-state index contributed by atoms with van der Waals surface area (Å²) in [5, 5.41) is 87.9. The average molecular weight is 1310 g/mol. The third-order valence-corrected chi connectivity index (χ3v) is 20.3. The molecule has 0 bridgehead atoms. The molecule has 12 atom stereocenters. The Labute approximate surface area is 565 Å². The number of nitrogens with one attached hydrogen (secondary N) is 1. The molecule has 0 saturated carbocycles. The number of aliphatic hydroxyl groups excluding tert-OH is 8. The van der Waals surface area contributed by atoms with E-state index in [2.05, 4.69) is 19.2 Å². The fourth-order valence-corrected chi connectivity index (χ4v) is 14.0. The van der Waals surface area contributed by atoms with Gasteiger partial charge in [0.15, 0.2) is 12.6 Å². The van der Waals surface area contributed by atoms with Crippen LogP contribution >= 0.6 is 0 Å². The highest BCUT2D eigenvalue weighted by atomic mass is 16.7. The Balaban J connectivity index is 1.60. The Kier molecular flexibility index (Phi) is 60.0. The molecule has 2 heterocycles. The summed E-state index contributed by atoms with van der Waals surface area (Å²) >= 11 is 0. The van der Waals surface area contributed by atoms with Crippen LogP contribution < -0.4 is 5.32 Å². The van der Waals surface area contributed by atoms with E-state index < -0.39 is 86.8 Å². The number of hydrogen-bond donors (Lipinski definition) is 9. The number of rotatable bonds is 69. The van der Waals surface area contributed by atoms with Crippen LogP contribution in [0, 0.1) is 0 Å². The maximum Gasteiger partial charge on any atom is 0.220 e. The number of hydrogen-bond acceptors (Lipinski definition) is 13. The fourth-order valence-electron chi connectivity index (χ4n) is 14.0. The van der Waals surface area contributed by atoms with Crippen molar-refractivity contribution >= 4 is 5.91 Å². The predicted octanol–water partition coefficient (Wildman–Crippen LogP) is 17.9. The third kappa shape index (κ3) is 46.3. The van der Waals surface area contributed by atoms with Gasteiger partial charge in [0.05, 0.1) is 32.0 Å². The Bertz CT molecular complexity index is 1550. The molecule has 0 aromatic heterocycles. The molecule has 12 unspecified atom stereocenters. The Hall–Kier alpha value is -1.01. The van der Waals surface area contributed by atoms with E-state index in [1.54, 1.807) is 0 Å². The highest BCUT2D eigenvalue weighted by Gasteiger charge is 2.51. The molecule has 0 aromatic carbocycles. The molecule has 548 valence electrons. The number of ether oxygens (including phenoxy) is 4. The lowest BCUT2D eigenvalue weighted by atomic mass is 9.97. The number of carbonyl (C=O) groups excluding carboxylic acids is 1. The normalized spacial score (nSPS) is 22.5. The zero-order chi connectivity index (χ0) is 66.6. The van der Waals surface area contributed by atoms with Gasteiger partial charge in [-0.1, -0.05) is 380 Å². The SMILES string of the molecule is CCCCCCCCCCCCCCCCCCCCCCCCCCCCCCCCCC(=O)NC(COC1OC(CO)C(OC2OC(CO)C(O)C(O)C2O)C(O)C1O)C(O)CCCCCCCCCCCCCCCCCCCCCCCCCCCCC. The zero-order valence-electron chi connectivity index (χ0n) is 60.1. The molecule has 2 saturated heterocycles. The van der Waals surface area contributed by atoms with Crippen molar-refractivity contribution in [2.24, 2.45) is 0 Å². The van der Waals surface area contributed by atoms with Crippen molar-refractivity contribution in [3.8, 4) is 0 Å². The van der Waals surface area contributed by atoms with Crippen LogP contribution in [-0.4, -0.2) is 140 Å². The predicted molar refractivity (Wildman–Crippen MR) is 379 cm³/mol. The number of amides is 1. The monoisotopic (exact) mass is 1310 g/mol. The average Bonchev–Trinajstić information content (AvgIpc) is 0.844. The number of aliphatic hydroxyl groups is 8. The van der Waals surface area contributed by atoms with Crippen molar-refractivity contribution in [3.63, 3.8) is 0 Å². The molecule has 0 spiro atoms. The molecule has 1 amide bonds. The summed E-state index contributed by atoms with van der Waals surface area (Å²) in [4.78, 5) is 13.4. The summed E-state index contributed by atoms with van der Waals surface area (Å²) in [6, 6.07) is -0.825. The van der Waals surface area contributed by atoms with Gasteiger partial charge in [-0.05, 0) is 12.8 Å². The first kappa shape index (κ1) is 87.1. The molecule has 9 N–H and O–H groups in total. The van der Waals surface area contributed by atoms with Gasteiger partial charge in [0.25, 0.3) is 0 Å². The molecular formula is C78H153NO13. The molecule has 0 radical (unpaired) electrons. The highest BCUT2D eigenvalue weighted by Crippen LogP contribution is 2.31. The first-order chi connectivity index (χ1) is 45.1. The van der Waals surface area contributed by atoms with Gasteiger partial charge in [-0.3, -0.25) is 4.79 Å². The first-order valence-electron chi connectivity index (χ1n) is 40.3. The molecule has 92 heavy (non-hydrogen) atoms. The molecule has 2 fully saturated rings. The molecule has 14 nitrogen and oxygen atoms in total. The third-order valence-electron chi connectivity index (χ3n) is 20.3. The first-order valence-corrected chi connectivity index (χ1v) is 40.3. The Morgan fingerprint density at radius 3 is 0.924 bits per heavy atom. The van der Waals surface area contributed by atoms with Crippen molar-refractivity contribution in [3.05, 3.63) is 0 Å². The van der Waals surface area contributed by atoms with Crippen LogP contribution in [-0.2, 0) is 23.7 Å². The van der Waals surface area contributed by atoms with Crippen LogP contribution in [0.4, 0.5) is 0 Å². The van der Waals surface area contributed by atoms with Gasteiger partial charge in [0.2, 0.25) is 5.91 Å². The topological polar surface area (TPSA) is 228 Å². The van der Waals surface area contributed by atoms with Crippen molar-refractivity contribution < 1.29 is 64.6 Å². The lowest BCUT2D eigenvalue weighted by Crippen LogP contribution is -2.65. The minimum absolute atomic E-state index is 0.195. The van der Waals surface area contributed by atoms with Gasteiger partial charge in [-0.25, -0.2) is 0 Å². The van der Waals surface area contributed by atoms with Crippen molar-refractivity contribution in [2.75, 3.05) is 19.8 Å². The maximum absolute atomic E-state index is 13.4. The highest BCUT2D eigenvalue weighted by molar-refractivity contribution is 5.76. The lowest BCUT2D eigenvalue weighted by Gasteiger charge is -2.46. The summed E-state index contributed by atoms with van der Waals surface area (Å²) < 4.78 is 23.0. The summed E-state index contributed by atoms with van der Waals surface area (Å²) in [6.45, 7) is 2.95. The summed E-state index contributed by atoms with van der Waals surface area (Å²) in [5.74, 6) is -0.195. The fraction of sp³-hybridized carbons (Fsp3) is 0.987. The lowest BCUT2D eigenvalue weighted by molar-refractivity contribution is -0.359. The van der Waals surface area contributed by atoms with Gasteiger partial charge in [-0.2, -0.15) is 0 Å². The van der Waals surface area contributed by atoms with Gasteiger partial charge in [0, 0.05) is 6.42 Å². The van der Waals surface area contributed by atoms with E-state index >= 15 is 0 Å². The van der Waals surface area contributed by atoms with Crippen LogP contribution in [0.25, 0.3) is 0 Å². The second-order valence-corrected chi connectivity index (χ2v) is 28.9. The van der Waals surface area contributed by atoms with E-state index in [1.165, 1.54) is 321 Å². The summed E-state index contributed by atoms with van der Waals surface area (Å²) in [5.41, 5.74) is 0. The van der Waals surface area contributed by atoms with E-state index in [0.29, 0.717) is 12.8 Å². The van der Waals surface area contributed by atoms with Crippen LogP contribution in [0.3, 0.4) is 0 Å². The van der Waals surface area contributed by atoms with Crippen molar-refractivity contribution in [1.29, 1.82) is 0 Å². The van der Waals surface area contributed by atoms with Crippen LogP contribution in [0.1, 0.15) is 399 Å². The molecule has 14 heteroatoms. The number of carbonyl (C=O) groups is 1. The Morgan fingerprint density at radius 2 is 0.620 bits per heavy atom. The number of unbranched alkanes of at least 4 members (excludes halogenated alkanes) is 56.